The van der Waals surface area contributed by atoms with E-state index in [0.29, 0.717) is 13.1 Å². The number of aromatic nitrogens is 2. The highest BCUT2D eigenvalue weighted by atomic mass is 32.2. The Kier molecular flexibility index (Phi) is 3.98. The van der Waals surface area contributed by atoms with Crippen LogP contribution in [0.15, 0.2) is 41.6 Å². The zero-order valence-corrected chi connectivity index (χ0v) is 11.4. The molecule has 0 atom stereocenters. The Morgan fingerprint density at radius 3 is 2.68 bits per heavy atom. The van der Waals surface area contributed by atoms with Crippen LogP contribution in [-0.2, 0) is 30.2 Å². The fourth-order valence-electron chi connectivity index (χ4n) is 1.75. The van der Waals surface area contributed by atoms with Crippen molar-refractivity contribution >= 4 is 10.0 Å². The van der Waals surface area contributed by atoms with Crippen molar-refractivity contribution in [2.24, 2.45) is 12.2 Å². The second kappa shape index (κ2) is 5.52. The van der Waals surface area contributed by atoms with E-state index in [0.717, 1.165) is 11.1 Å². The van der Waals surface area contributed by atoms with E-state index in [1.807, 2.05) is 19.3 Å². The second-order valence-corrected chi connectivity index (χ2v) is 5.88. The SMILES string of the molecule is Cn1cc(CNCc2cccc(S(N)(=O)=O)c2)cn1. The summed E-state index contributed by atoms with van der Waals surface area (Å²) in [5, 5.41) is 12.4. The molecule has 7 heteroatoms. The molecule has 2 aromatic rings. The van der Waals surface area contributed by atoms with Crippen molar-refractivity contribution in [2.75, 3.05) is 0 Å². The van der Waals surface area contributed by atoms with Gasteiger partial charge in [0.25, 0.3) is 0 Å². The largest absolute Gasteiger partial charge is 0.309 e. The summed E-state index contributed by atoms with van der Waals surface area (Å²) < 4.78 is 24.2. The first-order valence-electron chi connectivity index (χ1n) is 5.75. The maximum absolute atomic E-state index is 11.2. The van der Waals surface area contributed by atoms with E-state index in [1.54, 1.807) is 23.0 Å². The van der Waals surface area contributed by atoms with Crippen LogP contribution in [0, 0.1) is 0 Å². The summed E-state index contributed by atoms with van der Waals surface area (Å²) in [6.45, 7) is 1.24. The Labute approximate surface area is 112 Å². The monoisotopic (exact) mass is 280 g/mol. The summed E-state index contributed by atoms with van der Waals surface area (Å²) >= 11 is 0. The number of hydrogen-bond donors (Lipinski definition) is 2. The number of aryl methyl sites for hydroxylation is 1. The number of benzene rings is 1. The van der Waals surface area contributed by atoms with Crippen molar-refractivity contribution in [2.45, 2.75) is 18.0 Å². The zero-order valence-electron chi connectivity index (χ0n) is 10.6. The Hall–Kier alpha value is -1.70. The molecule has 0 aliphatic rings. The number of nitrogens with one attached hydrogen (secondary N) is 1. The Morgan fingerprint density at radius 1 is 1.32 bits per heavy atom. The molecule has 0 saturated carbocycles. The molecule has 0 unspecified atom stereocenters. The van der Waals surface area contributed by atoms with Crippen LogP contribution in [0.5, 0.6) is 0 Å². The average Bonchev–Trinajstić information content (AvgIpc) is 2.74. The Morgan fingerprint density at radius 2 is 2.05 bits per heavy atom. The molecule has 0 aliphatic carbocycles. The predicted octanol–water partition coefficient (Wildman–Crippen LogP) is 0.357. The lowest BCUT2D eigenvalue weighted by molar-refractivity contribution is 0.597. The molecular formula is C12H16N4O2S. The third-order valence-corrected chi connectivity index (χ3v) is 3.55. The smallest absolute Gasteiger partial charge is 0.238 e. The standard InChI is InChI=1S/C12H16N4O2S/c1-16-9-11(8-15-16)7-14-6-10-3-2-4-12(5-10)19(13,17)18/h2-5,8-9,14H,6-7H2,1H3,(H2,13,17,18). The van der Waals surface area contributed by atoms with Crippen LogP contribution in [0.3, 0.4) is 0 Å². The Bertz CT molecular complexity index is 664. The van der Waals surface area contributed by atoms with Crippen LogP contribution in [0.1, 0.15) is 11.1 Å². The van der Waals surface area contributed by atoms with Gasteiger partial charge in [0.15, 0.2) is 0 Å². The fraction of sp³-hybridized carbons (Fsp3) is 0.250. The lowest BCUT2D eigenvalue weighted by atomic mass is 10.2. The minimum absolute atomic E-state index is 0.133. The Balaban J connectivity index is 1.96. The number of hydrogen-bond acceptors (Lipinski definition) is 4. The summed E-state index contributed by atoms with van der Waals surface area (Å²) in [4.78, 5) is 0.133. The van der Waals surface area contributed by atoms with Gasteiger partial charge in [0.2, 0.25) is 10.0 Å². The highest BCUT2D eigenvalue weighted by Gasteiger charge is 2.07. The molecule has 0 spiro atoms. The van der Waals surface area contributed by atoms with Gasteiger partial charge in [0.05, 0.1) is 11.1 Å². The molecule has 102 valence electrons. The fourth-order valence-corrected chi connectivity index (χ4v) is 2.33. The average molecular weight is 280 g/mol. The highest BCUT2D eigenvalue weighted by Crippen LogP contribution is 2.09. The van der Waals surface area contributed by atoms with E-state index >= 15 is 0 Å². The molecule has 1 aromatic carbocycles. The van der Waals surface area contributed by atoms with Crippen LogP contribution in [-0.4, -0.2) is 18.2 Å². The van der Waals surface area contributed by atoms with E-state index in [9.17, 15) is 8.42 Å². The van der Waals surface area contributed by atoms with Crippen molar-refractivity contribution in [1.29, 1.82) is 0 Å². The number of nitrogens with zero attached hydrogens (tertiary/aromatic N) is 2. The number of rotatable bonds is 5. The molecule has 0 saturated heterocycles. The van der Waals surface area contributed by atoms with Crippen molar-refractivity contribution in [3.05, 3.63) is 47.8 Å². The molecule has 1 heterocycles. The summed E-state index contributed by atoms with van der Waals surface area (Å²) in [7, 11) is -1.78. The molecule has 2 rings (SSSR count). The second-order valence-electron chi connectivity index (χ2n) is 4.32. The molecule has 0 amide bonds. The van der Waals surface area contributed by atoms with Crippen LogP contribution >= 0.6 is 0 Å². The van der Waals surface area contributed by atoms with Gasteiger partial charge in [-0.2, -0.15) is 5.10 Å². The van der Waals surface area contributed by atoms with Gasteiger partial charge < -0.3 is 5.32 Å². The molecule has 19 heavy (non-hydrogen) atoms. The number of primary sulfonamides is 1. The first-order valence-corrected chi connectivity index (χ1v) is 7.30. The zero-order chi connectivity index (χ0) is 13.9. The molecule has 0 aliphatic heterocycles. The molecule has 6 nitrogen and oxygen atoms in total. The minimum Gasteiger partial charge on any atom is -0.309 e. The molecule has 0 radical (unpaired) electrons. The van der Waals surface area contributed by atoms with Crippen molar-refractivity contribution in [3.8, 4) is 0 Å². The van der Waals surface area contributed by atoms with Crippen LogP contribution in [0.4, 0.5) is 0 Å². The predicted molar refractivity (Wildman–Crippen MR) is 71.6 cm³/mol. The molecule has 1 aromatic heterocycles. The first kappa shape index (κ1) is 13.7. The van der Waals surface area contributed by atoms with Gasteiger partial charge >= 0.3 is 0 Å². The topological polar surface area (TPSA) is 90.0 Å². The van der Waals surface area contributed by atoms with Crippen LogP contribution in [0.25, 0.3) is 0 Å². The van der Waals surface area contributed by atoms with Crippen LogP contribution in [0.2, 0.25) is 0 Å². The van der Waals surface area contributed by atoms with Gasteiger partial charge in [-0.3, -0.25) is 4.68 Å². The first-order chi connectivity index (χ1) is 8.95. The third-order valence-electron chi connectivity index (χ3n) is 2.64. The summed E-state index contributed by atoms with van der Waals surface area (Å²) in [6.07, 6.45) is 3.71. The van der Waals surface area contributed by atoms with E-state index < -0.39 is 10.0 Å². The summed E-state index contributed by atoms with van der Waals surface area (Å²) in [6, 6.07) is 6.59. The van der Waals surface area contributed by atoms with Gasteiger partial charge in [0.1, 0.15) is 0 Å². The van der Waals surface area contributed by atoms with Crippen molar-refractivity contribution in [1.82, 2.24) is 15.1 Å². The van der Waals surface area contributed by atoms with Gasteiger partial charge in [-0.05, 0) is 17.7 Å². The molecular weight excluding hydrogens is 264 g/mol. The maximum atomic E-state index is 11.2. The third kappa shape index (κ3) is 3.88. The van der Waals surface area contributed by atoms with Gasteiger partial charge in [0, 0.05) is 31.9 Å². The lowest BCUT2D eigenvalue weighted by Gasteiger charge is -2.05. The van der Waals surface area contributed by atoms with E-state index in [2.05, 4.69) is 10.4 Å². The number of nitrogens with two attached hydrogens (primary N) is 1. The van der Waals surface area contributed by atoms with Crippen LogP contribution < -0.4 is 10.5 Å². The highest BCUT2D eigenvalue weighted by molar-refractivity contribution is 7.89. The normalized spacial score (nSPS) is 11.7. The van der Waals surface area contributed by atoms with Gasteiger partial charge in [-0.1, -0.05) is 12.1 Å². The quantitative estimate of drug-likeness (QED) is 0.827. The lowest BCUT2D eigenvalue weighted by Crippen LogP contribution is -2.15. The van der Waals surface area contributed by atoms with E-state index in [4.69, 9.17) is 5.14 Å². The molecule has 0 fully saturated rings. The summed E-state index contributed by atoms with van der Waals surface area (Å²) in [5.41, 5.74) is 1.94. The molecule has 0 bridgehead atoms. The van der Waals surface area contributed by atoms with E-state index in [-0.39, 0.29) is 4.90 Å². The summed E-state index contributed by atoms with van der Waals surface area (Å²) in [5.74, 6) is 0. The van der Waals surface area contributed by atoms with E-state index in [1.165, 1.54) is 6.07 Å². The van der Waals surface area contributed by atoms with Crippen molar-refractivity contribution in [3.63, 3.8) is 0 Å². The maximum Gasteiger partial charge on any atom is 0.238 e. The minimum atomic E-state index is -3.64. The van der Waals surface area contributed by atoms with Gasteiger partial charge in [-0.15, -0.1) is 0 Å². The van der Waals surface area contributed by atoms with Crippen molar-refractivity contribution < 1.29 is 8.42 Å². The van der Waals surface area contributed by atoms with Gasteiger partial charge in [-0.25, -0.2) is 13.6 Å². The number of sulfonamides is 1. The molecule has 3 N–H and O–H groups in total.